The number of rotatable bonds is 6. The molecule has 0 unspecified atom stereocenters. The summed E-state index contributed by atoms with van der Waals surface area (Å²) in [7, 11) is 63.4. The fraction of sp³-hybridized carbons (Fsp3) is 0. The van der Waals surface area contributed by atoms with Crippen molar-refractivity contribution in [3.8, 4) is 67.5 Å². The normalized spacial score (nSPS) is 11.4. The van der Waals surface area contributed by atoms with Crippen LogP contribution in [0.25, 0.3) is 89.5 Å². The molecular formula is C45H19B10N3O. The van der Waals surface area contributed by atoms with E-state index in [2.05, 4.69) is 60.7 Å². The molecule has 0 saturated heterocycles. The number of furan rings is 1. The number of aromatic nitrogens is 3. The van der Waals surface area contributed by atoms with Gasteiger partial charge in [-0.25, -0.2) is 15.0 Å². The first-order chi connectivity index (χ1) is 28.4. The molecule has 0 atom stereocenters. The van der Waals surface area contributed by atoms with Crippen LogP contribution in [0.5, 0.6) is 0 Å². The lowest BCUT2D eigenvalue weighted by molar-refractivity contribution is 0.670. The molecule has 0 saturated carbocycles. The van der Waals surface area contributed by atoms with Crippen LogP contribution in [-0.2, 0) is 0 Å². The van der Waals surface area contributed by atoms with E-state index in [1.54, 1.807) is 0 Å². The summed E-state index contributed by atoms with van der Waals surface area (Å²) in [6, 6.07) is 38.9. The Balaban J connectivity index is 1.20. The zero-order valence-corrected chi connectivity index (χ0v) is 31.5. The Labute approximate surface area is 355 Å². The first-order valence-corrected chi connectivity index (χ1v) is 18.4. The van der Waals surface area contributed by atoms with Gasteiger partial charge in [0.15, 0.2) is 17.5 Å². The van der Waals surface area contributed by atoms with Crippen molar-refractivity contribution in [3.63, 3.8) is 0 Å². The zero-order chi connectivity index (χ0) is 41.3. The Bertz CT molecular complexity index is 3010. The van der Waals surface area contributed by atoms with E-state index in [1.165, 1.54) is 5.56 Å². The second-order valence-electron chi connectivity index (χ2n) is 14.2. The summed E-state index contributed by atoms with van der Waals surface area (Å²) >= 11 is 0. The first-order valence-electron chi connectivity index (χ1n) is 18.4. The van der Waals surface area contributed by atoms with Gasteiger partial charge in [-0.2, -0.15) is 0 Å². The van der Waals surface area contributed by atoms with E-state index < -0.39 is 0 Å². The maximum Gasteiger partial charge on any atom is 0.167 e. The van der Waals surface area contributed by atoms with Gasteiger partial charge in [0.25, 0.3) is 0 Å². The second kappa shape index (κ2) is 15.0. The highest BCUT2D eigenvalue weighted by atomic mass is 16.3. The summed E-state index contributed by atoms with van der Waals surface area (Å²) in [5, 5.41) is 1.70. The number of hydrogen-bond donors (Lipinski definition) is 0. The highest BCUT2D eigenvalue weighted by Crippen LogP contribution is 2.40. The molecular weight excluding hydrogens is 707 g/mol. The van der Waals surface area contributed by atoms with Crippen molar-refractivity contribution in [2.75, 3.05) is 0 Å². The number of nitrogens with zero attached hydrogens (tertiary/aromatic N) is 3. The van der Waals surface area contributed by atoms with Gasteiger partial charge in [0.2, 0.25) is 0 Å². The lowest BCUT2D eigenvalue weighted by atomic mass is 9.60. The molecule has 2 aromatic heterocycles. The summed E-state index contributed by atoms with van der Waals surface area (Å²) in [4.78, 5) is 14.4. The van der Waals surface area contributed by atoms with Gasteiger partial charge in [-0.05, 0) is 33.9 Å². The molecule has 7 aromatic carbocycles. The van der Waals surface area contributed by atoms with Crippen LogP contribution in [0.1, 0.15) is 0 Å². The predicted molar refractivity (Wildman–Crippen MR) is 254 cm³/mol. The minimum Gasteiger partial charge on any atom is -0.455 e. The van der Waals surface area contributed by atoms with Crippen LogP contribution < -0.4 is 54.6 Å². The molecule has 0 aliphatic rings. The van der Waals surface area contributed by atoms with Gasteiger partial charge in [-0.3, -0.25) is 0 Å². The molecule has 4 nitrogen and oxygen atoms in total. The Hall–Kier alpha value is -6.00. The maximum absolute atomic E-state index is 6.78. The fourth-order valence-electron chi connectivity index (χ4n) is 7.45. The van der Waals surface area contributed by atoms with Gasteiger partial charge in [0, 0.05) is 27.5 Å². The third kappa shape index (κ3) is 6.45. The summed E-state index contributed by atoms with van der Waals surface area (Å²) in [6.07, 6.45) is 0. The van der Waals surface area contributed by atoms with Crippen LogP contribution in [0.4, 0.5) is 0 Å². The molecule has 0 amide bonds. The van der Waals surface area contributed by atoms with Crippen molar-refractivity contribution in [1.29, 1.82) is 0 Å². The number of para-hydroxylation sites is 2. The van der Waals surface area contributed by atoms with Crippen molar-refractivity contribution in [2.45, 2.75) is 0 Å². The number of benzene rings is 7. The molecule has 59 heavy (non-hydrogen) atoms. The van der Waals surface area contributed by atoms with Crippen LogP contribution in [0.15, 0.2) is 120 Å². The van der Waals surface area contributed by atoms with Gasteiger partial charge < -0.3 is 4.42 Å². The Morgan fingerprint density at radius 3 is 1.07 bits per heavy atom. The summed E-state index contributed by atoms with van der Waals surface area (Å²) < 4.78 is 6.78. The lowest BCUT2D eigenvalue weighted by Gasteiger charge is -2.22. The van der Waals surface area contributed by atoms with Crippen LogP contribution >= 0.6 is 0 Å². The van der Waals surface area contributed by atoms with Crippen molar-refractivity contribution >= 4 is 155 Å². The van der Waals surface area contributed by atoms with Crippen molar-refractivity contribution in [1.82, 2.24) is 15.0 Å². The van der Waals surface area contributed by atoms with E-state index in [4.69, 9.17) is 97.8 Å². The molecule has 0 bridgehead atoms. The largest absolute Gasteiger partial charge is 0.455 e. The molecule has 250 valence electrons. The fourth-order valence-corrected chi connectivity index (χ4v) is 7.45. The number of hydrogen-bond acceptors (Lipinski definition) is 4. The highest BCUT2D eigenvalue weighted by Gasteiger charge is 2.23. The molecule has 2 heterocycles. The average molecular weight is 726 g/mol. The highest BCUT2D eigenvalue weighted by molar-refractivity contribution is 6.69. The molecule has 9 aromatic rings. The second-order valence-corrected chi connectivity index (χ2v) is 14.2. The molecule has 0 aliphatic carbocycles. The van der Waals surface area contributed by atoms with Gasteiger partial charge >= 0.3 is 0 Å². The smallest absolute Gasteiger partial charge is 0.167 e. The van der Waals surface area contributed by atoms with Crippen molar-refractivity contribution in [3.05, 3.63) is 115 Å². The average Bonchev–Trinajstić information content (AvgIpc) is 3.66. The molecule has 20 radical (unpaired) electrons. The predicted octanol–water partition coefficient (Wildman–Crippen LogP) is -0.289. The minimum atomic E-state index is -0.00485. The molecule has 0 N–H and O–H groups in total. The minimum absolute atomic E-state index is 0.00485. The third-order valence-electron chi connectivity index (χ3n) is 10.8. The van der Waals surface area contributed by atoms with Crippen LogP contribution in [-0.4, -0.2) is 93.4 Å². The van der Waals surface area contributed by atoms with Gasteiger partial charge in [-0.1, -0.05) is 131 Å². The Morgan fingerprint density at radius 2 is 0.627 bits per heavy atom. The van der Waals surface area contributed by atoms with E-state index in [9.17, 15) is 0 Å². The summed E-state index contributed by atoms with van der Waals surface area (Å²) in [5.74, 6) is 0.143. The Morgan fingerprint density at radius 1 is 0.288 bits per heavy atom. The molecule has 14 heteroatoms. The summed E-state index contributed by atoms with van der Waals surface area (Å²) in [5.41, 5.74) is 8.47. The third-order valence-corrected chi connectivity index (χ3v) is 10.8. The van der Waals surface area contributed by atoms with Gasteiger partial charge in [0.1, 0.15) is 89.6 Å². The number of fused-ring (bicyclic) bond motifs is 3. The van der Waals surface area contributed by atoms with Crippen molar-refractivity contribution < 1.29 is 4.42 Å². The zero-order valence-electron chi connectivity index (χ0n) is 31.5. The quantitative estimate of drug-likeness (QED) is 0.222. The molecule has 0 spiro atoms. The molecule has 9 rings (SSSR count). The van der Waals surface area contributed by atoms with Gasteiger partial charge in [0.05, 0.1) is 5.56 Å². The van der Waals surface area contributed by atoms with E-state index in [0.29, 0.717) is 16.7 Å². The standard InChI is InChI=1S/C45H19B10N3O/c46-31-29(32(47)36(51)39(54)35(31)50)44-56-43(57-45(58-44)30-33(48)37(52)40(55)38(53)34(30)49)28-11-5-10-27-26-9-4-8-25(41(26)59-42(27)28)24-18-16-23(17-19-24)22-14-12-21(13-15-22)20-6-2-1-3-7-20/h1-19H. The van der Waals surface area contributed by atoms with E-state index in [1.807, 2.05) is 54.6 Å². The van der Waals surface area contributed by atoms with Crippen molar-refractivity contribution in [2.24, 2.45) is 0 Å². The maximum atomic E-state index is 6.78. The van der Waals surface area contributed by atoms with E-state index in [0.717, 1.165) is 38.6 Å². The monoisotopic (exact) mass is 727 g/mol. The SMILES string of the molecule is [B]c1c([B])c([B])c(-c2nc(-c3c([B])c([B])c([B])c([B])c3[B])nc(-c3cccc4c3oc3c(-c5ccc(-c6ccc(-c7ccccc7)cc6)cc5)cccc34)n2)c([B])c1[B]. The molecule has 0 aliphatic heterocycles. The first kappa shape index (κ1) is 38.5. The molecule has 0 fully saturated rings. The van der Waals surface area contributed by atoms with E-state index in [-0.39, 0.29) is 83.2 Å². The van der Waals surface area contributed by atoms with Crippen LogP contribution in [0.2, 0.25) is 0 Å². The van der Waals surface area contributed by atoms with Gasteiger partial charge in [-0.15, -0.1) is 32.8 Å². The van der Waals surface area contributed by atoms with Crippen LogP contribution in [0.3, 0.4) is 0 Å². The topological polar surface area (TPSA) is 51.8 Å². The Kier molecular flexibility index (Phi) is 9.78. The summed E-state index contributed by atoms with van der Waals surface area (Å²) in [6.45, 7) is 0. The van der Waals surface area contributed by atoms with E-state index >= 15 is 0 Å². The lowest BCUT2D eigenvalue weighted by Crippen LogP contribution is -2.55. The van der Waals surface area contributed by atoms with Crippen LogP contribution in [0, 0.1) is 0 Å².